The number of carbonyl (C=O) groups excluding carboxylic acids is 1. The number of aromatic nitrogens is 1. The summed E-state index contributed by atoms with van der Waals surface area (Å²) < 4.78 is 5.83. The first-order valence-electron chi connectivity index (χ1n) is 9.15. The number of nitrogens with zero attached hydrogens (tertiary/aromatic N) is 3. The quantitative estimate of drug-likeness (QED) is 0.383. The minimum Gasteiger partial charge on any atom is -0.436 e. The molecule has 4 rings (SSSR count). The van der Waals surface area contributed by atoms with Gasteiger partial charge in [0.1, 0.15) is 5.52 Å². The summed E-state index contributed by atoms with van der Waals surface area (Å²) in [6.45, 7) is 0. The van der Waals surface area contributed by atoms with Crippen LogP contribution in [-0.2, 0) is 0 Å². The first-order chi connectivity index (χ1) is 14.4. The van der Waals surface area contributed by atoms with Crippen molar-refractivity contribution >= 4 is 34.1 Å². The number of fused-ring (bicyclic) bond motifs is 1. The third kappa shape index (κ3) is 3.83. The van der Waals surface area contributed by atoms with Crippen LogP contribution >= 0.6 is 0 Å². The number of carbonyl (C=O) groups is 1. The lowest BCUT2D eigenvalue weighted by Crippen LogP contribution is -2.12. The fourth-order valence-corrected chi connectivity index (χ4v) is 2.99. The van der Waals surface area contributed by atoms with E-state index in [-0.39, 0.29) is 11.3 Å². The van der Waals surface area contributed by atoms with Crippen LogP contribution < -0.4 is 10.2 Å². The summed E-state index contributed by atoms with van der Waals surface area (Å²) in [5.74, 6) is 0.0403. The van der Waals surface area contributed by atoms with Gasteiger partial charge in [-0.1, -0.05) is 6.07 Å². The van der Waals surface area contributed by atoms with Crippen molar-refractivity contribution in [3.63, 3.8) is 0 Å². The van der Waals surface area contributed by atoms with Crippen molar-refractivity contribution in [2.24, 2.45) is 0 Å². The molecule has 0 radical (unpaired) electrons. The number of oxazole rings is 1. The molecule has 0 aliphatic carbocycles. The van der Waals surface area contributed by atoms with E-state index >= 15 is 0 Å². The number of nitro groups is 1. The highest BCUT2D eigenvalue weighted by Crippen LogP contribution is 2.27. The third-order valence-electron chi connectivity index (χ3n) is 4.60. The van der Waals surface area contributed by atoms with Gasteiger partial charge in [-0.25, -0.2) is 4.98 Å². The molecule has 0 unspecified atom stereocenters. The Kier molecular flexibility index (Phi) is 4.89. The fraction of sp³-hybridized carbons (Fsp3) is 0.0909. The van der Waals surface area contributed by atoms with Gasteiger partial charge in [-0.05, 0) is 48.5 Å². The predicted molar refractivity (Wildman–Crippen MR) is 115 cm³/mol. The second kappa shape index (κ2) is 7.67. The monoisotopic (exact) mass is 402 g/mol. The van der Waals surface area contributed by atoms with Crippen LogP contribution in [0.15, 0.2) is 71.1 Å². The number of rotatable bonds is 5. The molecule has 4 aromatic rings. The standard InChI is InChI=1S/C22H18N4O4/c1-25(2)17-9-6-14(7-10-17)22-24-19-13-16(8-11-20(19)30-22)23-21(27)15-4-3-5-18(12-15)26(28)29/h3-13H,1-2H3,(H,23,27). The number of non-ortho nitro benzene ring substituents is 1. The zero-order chi connectivity index (χ0) is 21.3. The third-order valence-corrected chi connectivity index (χ3v) is 4.60. The molecule has 0 atom stereocenters. The van der Waals surface area contributed by atoms with E-state index in [2.05, 4.69) is 10.3 Å². The van der Waals surface area contributed by atoms with E-state index < -0.39 is 10.8 Å². The van der Waals surface area contributed by atoms with Gasteiger partial charge in [0.15, 0.2) is 5.58 Å². The van der Waals surface area contributed by atoms with Gasteiger partial charge >= 0.3 is 0 Å². The molecule has 8 heteroatoms. The molecule has 0 spiro atoms. The van der Waals surface area contributed by atoms with Gasteiger partial charge in [-0.2, -0.15) is 0 Å². The molecule has 1 N–H and O–H groups in total. The summed E-state index contributed by atoms with van der Waals surface area (Å²) in [5.41, 5.74) is 3.68. The Morgan fingerprint density at radius 1 is 1.07 bits per heavy atom. The van der Waals surface area contributed by atoms with Crippen molar-refractivity contribution in [2.45, 2.75) is 0 Å². The Labute approximate surface area is 171 Å². The normalized spacial score (nSPS) is 10.7. The molecule has 30 heavy (non-hydrogen) atoms. The highest BCUT2D eigenvalue weighted by molar-refractivity contribution is 6.05. The average Bonchev–Trinajstić information content (AvgIpc) is 3.17. The number of hydrogen-bond acceptors (Lipinski definition) is 6. The molecular weight excluding hydrogens is 384 g/mol. The van der Waals surface area contributed by atoms with Crippen LogP contribution in [-0.4, -0.2) is 29.9 Å². The van der Waals surface area contributed by atoms with E-state index in [4.69, 9.17) is 4.42 Å². The van der Waals surface area contributed by atoms with Crippen molar-refractivity contribution in [1.82, 2.24) is 4.98 Å². The predicted octanol–water partition coefficient (Wildman–Crippen LogP) is 4.72. The summed E-state index contributed by atoms with van der Waals surface area (Å²) in [7, 11) is 3.94. The van der Waals surface area contributed by atoms with Crippen molar-refractivity contribution in [3.05, 3.63) is 82.4 Å². The van der Waals surface area contributed by atoms with Crippen LogP contribution in [0.1, 0.15) is 10.4 Å². The lowest BCUT2D eigenvalue weighted by Gasteiger charge is -2.11. The zero-order valence-corrected chi connectivity index (χ0v) is 16.3. The average molecular weight is 402 g/mol. The summed E-state index contributed by atoms with van der Waals surface area (Å²) in [5, 5.41) is 13.6. The zero-order valence-electron chi connectivity index (χ0n) is 16.3. The number of nitro benzene ring substituents is 1. The maximum absolute atomic E-state index is 12.5. The van der Waals surface area contributed by atoms with Gasteiger partial charge in [-0.3, -0.25) is 14.9 Å². The van der Waals surface area contributed by atoms with E-state index in [1.807, 2.05) is 43.3 Å². The second-order valence-corrected chi connectivity index (χ2v) is 6.90. The van der Waals surface area contributed by atoms with Gasteiger partial charge in [0, 0.05) is 48.7 Å². The molecule has 3 aromatic carbocycles. The number of hydrogen-bond donors (Lipinski definition) is 1. The highest BCUT2D eigenvalue weighted by Gasteiger charge is 2.13. The molecule has 0 saturated heterocycles. The molecule has 150 valence electrons. The highest BCUT2D eigenvalue weighted by atomic mass is 16.6. The van der Waals surface area contributed by atoms with Gasteiger partial charge in [0.2, 0.25) is 5.89 Å². The topological polar surface area (TPSA) is 102 Å². The molecule has 0 aliphatic rings. The molecule has 8 nitrogen and oxygen atoms in total. The summed E-state index contributed by atoms with van der Waals surface area (Å²) in [6.07, 6.45) is 0. The Bertz CT molecular complexity index is 1250. The van der Waals surface area contributed by atoms with Crippen LogP contribution in [0.2, 0.25) is 0 Å². The molecule has 0 fully saturated rings. The number of anilines is 2. The number of nitrogens with one attached hydrogen (secondary N) is 1. The lowest BCUT2D eigenvalue weighted by molar-refractivity contribution is -0.384. The minimum atomic E-state index is -0.537. The second-order valence-electron chi connectivity index (χ2n) is 6.90. The van der Waals surface area contributed by atoms with E-state index in [0.29, 0.717) is 22.7 Å². The van der Waals surface area contributed by atoms with E-state index in [1.165, 1.54) is 24.3 Å². The van der Waals surface area contributed by atoms with Crippen LogP contribution in [0.25, 0.3) is 22.6 Å². The number of amides is 1. The Morgan fingerprint density at radius 2 is 1.83 bits per heavy atom. The minimum absolute atomic E-state index is 0.139. The molecule has 1 heterocycles. The van der Waals surface area contributed by atoms with E-state index in [0.717, 1.165) is 11.3 Å². The molecule has 1 aromatic heterocycles. The molecular formula is C22H18N4O4. The van der Waals surface area contributed by atoms with Crippen LogP contribution in [0.5, 0.6) is 0 Å². The number of benzene rings is 3. The van der Waals surface area contributed by atoms with Gasteiger partial charge in [0.05, 0.1) is 4.92 Å². The maximum Gasteiger partial charge on any atom is 0.270 e. The Morgan fingerprint density at radius 3 is 2.53 bits per heavy atom. The van der Waals surface area contributed by atoms with Crippen molar-refractivity contribution in [2.75, 3.05) is 24.3 Å². The van der Waals surface area contributed by atoms with Crippen LogP contribution in [0.4, 0.5) is 17.1 Å². The van der Waals surface area contributed by atoms with E-state index in [9.17, 15) is 14.9 Å². The van der Waals surface area contributed by atoms with Crippen molar-refractivity contribution in [3.8, 4) is 11.5 Å². The van der Waals surface area contributed by atoms with Gasteiger partial charge in [-0.15, -0.1) is 0 Å². The largest absolute Gasteiger partial charge is 0.436 e. The summed E-state index contributed by atoms with van der Waals surface area (Å²) in [4.78, 5) is 29.3. The maximum atomic E-state index is 12.5. The summed E-state index contributed by atoms with van der Waals surface area (Å²) in [6, 6.07) is 18.5. The Hall–Kier alpha value is -4.20. The molecule has 0 aliphatic heterocycles. The van der Waals surface area contributed by atoms with E-state index in [1.54, 1.807) is 18.2 Å². The van der Waals surface area contributed by atoms with Crippen LogP contribution in [0, 0.1) is 10.1 Å². The molecule has 1 amide bonds. The van der Waals surface area contributed by atoms with Gasteiger partial charge in [0.25, 0.3) is 11.6 Å². The molecule has 0 saturated carbocycles. The Balaban J connectivity index is 1.57. The first kappa shape index (κ1) is 19.1. The van der Waals surface area contributed by atoms with Gasteiger partial charge < -0.3 is 14.6 Å². The van der Waals surface area contributed by atoms with Crippen molar-refractivity contribution in [1.29, 1.82) is 0 Å². The smallest absolute Gasteiger partial charge is 0.270 e. The van der Waals surface area contributed by atoms with Crippen LogP contribution in [0.3, 0.4) is 0 Å². The summed E-state index contributed by atoms with van der Waals surface area (Å²) >= 11 is 0. The van der Waals surface area contributed by atoms with Crippen molar-refractivity contribution < 1.29 is 14.1 Å². The first-order valence-corrected chi connectivity index (χ1v) is 9.15. The SMILES string of the molecule is CN(C)c1ccc(-c2nc3cc(NC(=O)c4cccc([N+](=O)[O-])c4)ccc3o2)cc1. The fourth-order valence-electron chi connectivity index (χ4n) is 2.99. The lowest BCUT2D eigenvalue weighted by atomic mass is 10.2. The molecule has 0 bridgehead atoms.